The first-order valence-electron chi connectivity index (χ1n) is 11.9. The summed E-state index contributed by atoms with van der Waals surface area (Å²) in [6.45, 7) is 0. The Morgan fingerprint density at radius 2 is 1.76 bits per heavy atom. The topological polar surface area (TPSA) is 110 Å². The highest BCUT2D eigenvalue weighted by Crippen LogP contribution is 2.50. The molecule has 0 aliphatic carbocycles. The highest BCUT2D eigenvalue weighted by Gasteiger charge is 2.64. The molecular weight excluding hydrogens is 554 g/mol. The summed E-state index contributed by atoms with van der Waals surface area (Å²) in [4.78, 5) is 55.6. The van der Waals surface area contributed by atoms with Gasteiger partial charge in [-0.05, 0) is 51.8 Å². The van der Waals surface area contributed by atoms with E-state index in [2.05, 4.69) is 15.9 Å². The summed E-state index contributed by atoms with van der Waals surface area (Å²) in [7, 11) is 1.52. The molecule has 0 unspecified atom stereocenters. The predicted octanol–water partition coefficient (Wildman–Crippen LogP) is 4.64. The summed E-state index contributed by atoms with van der Waals surface area (Å²) < 4.78 is 5.88. The van der Waals surface area contributed by atoms with Crippen LogP contribution in [0.3, 0.4) is 0 Å². The molecule has 3 aliphatic rings. The van der Waals surface area contributed by atoms with E-state index in [4.69, 9.17) is 4.74 Å². The van der Waals surface area contributed by atoms with Gasteiger partial charge in [0.05, 0.1) is 40.1 Å². The Balaban J connectivity index is 1.48. The summed E-state index contributed by atoms with van der Waals surface area (Å²) in [5, 5.41) is 11.3. The molecule has 2 amide bonds. The normalized spacial score (nSPS) is 23.2. The van der Waals surface area contributed by atoms with E-state index in [1.165, 1.54) is 31.4 Å². The number of nitro groups is 1. The van der Waals surface area contributed by atoms with Crippen molar-refractivity contribution in [1.82, 2.24) is 0 Å². The fourth-order valence-electron chi connectivity index (χ4n) is 5.80. The van der Waals surface area contributed by atoms with Crippen molar-refractivity contribution < 1.29 is 24.0 Å². The fourth-order valence-corrected chi connectivity index (χ4v) is 6.34. The third-order valence-electron chi connectivity index (χ3n) is 7.42. The van der Waals surface area contributed by atoms with E-state index in [0.717, 1.165) is 16.2 Å². The molecule has 9 nitrogen and oxygen atoms in total. The van der Waals surface area contributed by atoms with Crippen LogP contribution in [0.1, 0.15) is 15.9 Å². The van der Waals surface area contributed by atoms with E-state index in [1.807, 2.05) is 41.3 Å². The second-order valence-electron chi connectivity index (χ2n) is 9.31. The van der Waals surface area contributed by atoms with Crippen molar-refractivity contribution in [1.29, 1.82) is 0 Å². The van der Waals surface area contributed by atoms with Gasteiger partial charge in [-0.15, -0.1) is 0 Å². The van der Waals surface area contributed by atoms with Crippen molar-refractivity contribution in [2.24, 2.45) is 11.8 Å². The molecule has 3 aromatic carbocycles. The van der Waals surface area contributed by atoms with Crippen molar-refractivity contribution in [3.8, 4) is 5.75 Å². The number of nitrogens with zero attached hydrogens (tertiary/aromatic N) is 3. The van der Waals surface area contributed by atoms with E-state index in [0.29, 0.717) is 15.8 Å². The smallest absolute Gasteiger partial charge is 0.271 e. The number of benzene rings is 3. The molecule has 0 radical (unpaired) electrons. The number of ketones is 1. The third kappa shape index (κ3) is 3.47. The van der Waals surface area contributed by atoms with Gasteiger partial charge in [0.15, 0.2) is 5.78 Å². The number of Topliss-reactive ketones (excluding diaryl/α,β-unsaturated/α-hetero) is 1. The number of imide groups is 1. The molecule has 3 heterocycles. The zero-order valence-electron chi connectivity index (χ0n) is 20.0. The van der Waals surface area contributed by atoms with E-state index in [1.54, 1.807) is 18.2 Å². The summed E-state index contributed by atoms with van der Waals surface area (Å²) in [6.07, 6.45) is 3.76. The first-order valence-corrected chi connectivity index (χ1v) is 12.7. The Bertz CT molecular complexity index is 1570. The highest BCUT2D eigenvalue weighted by atomic mass is 79.9. The summed E-state index contributed by atoms with van der Waals surface area (Å²) in [5.74, 6) is -2.59. The Kier molecular flexibility index (Phi) is 5.64. The van der Waals surface area contributed by atoms with E-state index in [-0.39, 0.29) is 17.2 Å². The zero-order chi connectivity index (χ0) is 26.7. The first-order chi connectivity index (χ1) is 18.3. The number of amides is 2. The number of fused-ring (bicyclic) bond motifs is 5. The lowest BCUT2D eigenvalue weighted by atomic mass is 9.86. The number of rotatable bonds is 5. The number of hydrogen-bond donors (Lipinski definition) is 0. The van der Waals surface area contributed by atoms with Crippen LogP contribution >= 0.6 is 15.9 Å². The first kappa shape index (κ1) is 24.1. The van der Waals surface area contributed by atoms with E-state index < -0.39 is 40.7 Å². The number of methoxy groups -OCH3 is 1. The average molecular weight is 574 g/mol. The predicted molar refractivity (Wildman–Crippen MR) is 143 cm³/mol. The average Bonchev–Trinajstić information content (AvgIpc) is 3.40. The molecular formula is C28H20BrN3O6. The van der Waals surface area contributed by atoms with Crippen molar-refractivity contribution in [2.45, 2.75) is 12.1 Å². The molecule has 6 rings (SSSR count). The molecule has 0 aromatic heterocycles. The van der Waals surface area contributed by atoms with Crippen LogP contribution in [0.2, 0.25) is 0 Å². The number of hydrogen-bond acceptors (Lipinski definition) is 7. The maximum Gasteiger partial charge on any atom is 0.271 e. The van der Waals surface area contributed by atoms with Crippen LogP contribution in [0.15, 0.2) is 77.3 Å². The summed E-state index contributed by atoms with van der Waals surface area (Å²) in [5.41, 5.74) is 1.90. The largest absolute Gasteiger partial charge is 0.496 e. The quantitative estimate of drug-likeness (QED) is 0.189. The van der Waals surface area contributed by atoms with Crippen molar-refractivity contribution in [3.63, 3.8) is 0 Å². The minimum absolute atomic E-state index is 0.119. The van der Waals surface area contributed by atoms with E-state index in [9.17, 15) is 24.5 Å². The lowest BCUT2D eigenvalue weighted by Crippen LogP contribution is -2.48. The fraction of sp³-hybridized carbons (Fsp3) is 0.179. The second kappa shape index (κ2) is 8.91. The SMILES string of the molecule is COc1ccc(C(=O)[C@H]2[C@H]3C(=O)N(c4cccc([N+](=O)[O-])c4)C(=O)[C@H]3[C@@H]3C=Cc4ccccc4N32)cc1Br. The maximum absolute atomic E-state index is 14.1. The Hall–Kier alpha value is -4.31. The van der Waals surface area contributed by atoms with Gasteiger partial charge >= 0.3 is 0 Å². The molecule has 4 atom stereocenters. The second-order valence-corrected chi connectivity index (χ2v) is 10.2. The Morgan fingerprint density at radius 3 is 2.50 bits per heavy atom. The van der Waals surface area contributed by atoms with Crippen molar-refractivity contribution >= 4 is 56.7 Å². The van der Waals surface area contributed by atoms with Gasteiger partial charge in [-0.1, -0.05) is 36.4 Å². The van der Waals surface area contributed by atoms with Crippen LogP contribution in [-0.2, 0) is 9.59 Å². The standard InChI is InChI=1S/C28H20BrN3O6/c1-38-22-12-10-16(13-19(22)29)26(33)25-24-23(21-11-9-15-5-2-3-8-20(15)31(21)25)27(34)30(28(24)35)17-6-4-7-18(14-17)32(36)37/h2-14,21,23-25H,1H3/t21-,23-,24-,25+/m0/s1. The molecule has 190 valence electrons. The number of halogens is 1. The third-order valence-corrected chi connectivity index (χ3v) is 8.04. The number of ether oxygens (including phenoxy) is 1. The molecule has 0 N–H and O–H groups in total. The molecule has 0 bridgehead atoms. The van der Waals surface area contributed by atoms with Crippen LogP contribution in [-0.4, -0.2) is 41.7 Å². The number of nitro benzene ring substituents is 1. The zero-order valence-corrected chi connectivity index (χ0v) is 21.6. The summed E-state index contributed by atoms with van der Waals surface area (Å²) >= 11 is 3.43. The van der Waals surface area contributed by atoms with Crippen molar-refractivity contribution in [2.75, 3.05) is 16.9 Å². The van der Waals surface area contributed by atoms with Crippen LogP contribution in [0, 0.1) is 22.0 Å². The monoisotopic (exact) mass is 573 g/mol. The molecule has 38 heavy (non-hydrogen) atoms. The van der Waals surface area contributed by atoms with Crippen LogP contribution in [0.25, 0.3) is 6.08 Å². The molecule has 10 heteroatoms. The van der Waals surface area contributed by atoms with Crippen LogP contribution in [0.5, 0.6) is 5.75 Å². The maximum atomic E-state index is 14.1. The van der Waals surface area contributed by atoms with Gasteiger partial charge in [0, 0.05) is 23.4 Å². The van der Waals surface area contributed by atoms with Gasteiger partial charge in [-0.25, -0.2) is 4.90 Å². The lowest BCUT2D eigenvalue weighted by molar-refractivity contribution is -0.384. The number of carbonyl (C=O) groups is 3. The molecule has 2 fully saturated rings. The van der Waals surface area contributed by atoms with Crippen LogP contribution < -0.4 is 14.5 Å². The molecule has 3 aliphatic heterocycles. The minimum Gasteiger partial charge on any atom is -0.496 e. The van der Waals surface area contributed by atoms with Gasteiger partial charge in [0.25, 0.3) is 5.69 Å². The molecule has 0 spiro atoms. The minimum atomic E-state index is -0.976. The van der Waals surface area contributed by atoms with Crippen LogP contribution in [0.4, 0.5) is 17.1 Å². The van der Waals surface area contributed by atoms with Gasteiger partial charge in [0.2, 0.25) is 11.8 Å². The number of non-ortho nitro benzene ring substituents is 1. The van der Waals surface area contributed by atoms with Gasteiger partial charge < -0.3 is 9.64 Å². The summed E-state index contributed by atoms with van der Waals surface area (Å²) in [6, 6.07) is 16.4. The van der Waals surface area contributed by atoms with Gasteiger partial charge in [-0.2, -0.15) is 0 Å². The number of para-hydroxylation sites is 1. The highest BCUT2D eigenvalue weighted by molar-refractivity contribution is 9.10. The Labute approximate surface area is 225 Å². The lowest BCUT2D eigenvalue weighted by Gasteiger charge is -2.36. The van der Waals surface area contributed by atoms with Gasteiger partial charge in [-0.3, -0.25) is 24.5 Å². The van der Waals surface area contributed by atoms with Gasteiger partial charge in [0.1, 0.15) is 11.8 Å². The van der Waals surface area contributed by atoms with E-state index >= 15 is 0 Å². The number of carbonyl (C=O) groups excluding carboxylic acids is 3. The molecule has 0 saturated carbocycles. The Morgan fingerprint density at radius 1 is 1.00 bits per heavy atom. The molecule has 2 saturated heterocycles. The van der Waals surface area contributed by atoms with Crippen molar-refractivity contribution in [3.05, 3.63) is 98.5 Å². The molecule has 3 aromatic rings. The number of anilines is 2.